The first kappa shape index (κ1) is 16.3. The maximum absolute atomic E-state index is 12.5. The summed E-state index contributed by atoms with van der Waals surface area (Å²) < 4.78 is 0. The second kappa shape index (κ2) is 6.34. The molecule has 0 atom stereocenters. The highest BCUT2D eigenvalue weighted by molar-refractivity contribution is 5.87. The van der Waals surface area contributed by atoms with E-state index in [1.165, 1.54) is 0 Å². The predicted molar refractivity (Wildman–Crippen MR) is 82.6 cm³/mol. The minimum absolute atomic E-state index is 0.0544. The molecule has 1 heterocycles. The average Bonchev–Trinajstić information content (AvgIpc) is 2.93. The van der Waals surface area contributed by atoms with E-state index >= 15 is 0 Å². The fourth-order valence-corrected chi connectivity index (χ4v) is 3.41. The van der Waals surface area contributed by atoms with Gasteiger partial charge in [0.2, 0.25) is 11.8 Å². The molecule has 0 unspecified atom stereocenters. The van der Waals surface area contributed by atoms with E-state index in [0.29, 0.717) is 13.1 Å². The Morgan fingerprint density at radius 2 is 1.71 bits per heavy atom. The molecule has 2 N–H and O–H groups in total. The Bertz CT molecular complexity index is 394. The summed E-state index contributed by atoms with van der Waals surface area (Å²) in [5.41, 5.74) is 5.62. The van der Waals surface area contributed by atoms with Crippen molar-refractivity contribution in [1.82, 2.24) is 9.80 Å². The van der Waals surface area contributed by atoms with E-state index in [0.717, 1.165) is 38.5 Å². The Balaban J connectivity index is 1.88. The van der Waals surface area contributed by atoms with Gasteiger partial charge in [0.15, 0.2) is 0 Å². The van der Waals surface area contributed by atoms with E-state index in [9.17, 15) is 9.59 Å². The molecule has 21 heavy (non-hydrogen) atoms. The van der Waals surface area contributed by atoms with Crippen LogP contribution in [-0.2, 0) is 9.59 Å². The number of likely N-dealkylation sites (tertiary alicyclic amines) is 1. The topological polar surface area (TPSA) is 66.6 Å². The van der Waals surface area contributed by atoms with E-state index in [1.54, 1.807) is 0 Å². The summed E-state index contributed by atoms with van der Waals surface area (Å²) in [7, 11) is 1.86. The van der Waals surface area contributed by atoms with Crippen LogP contribution < -0.4 is 5.73 Å². The highest BCUT2D eigenvalue weighted by Crippen LogP contribution is 2.30. The number of hydrogen-bond donors (Lipinski definition) is 1. The molecule has 2 rings (SSSR count). The number of hydrogen-bond acceptors (Lipinski definition) is 3. The van der Waals surface area contributed by atoms with Gasteiger partial charge >= 0.3 is 0 Å². The van der Waals surface area contributed by atoms with Crippen molar-refractivity contribution in [3.8, 4) is 0 Å². The minimum Gasteiger partial charge on any atom is -0.343 e. The normalized spacial score (nSPS) is 22.6. The van der Waals surface area contributed by atoms with E-state index in [4.69, 9.17) is 5.73 Å². The molecule has 5 heteroatoms. The molecule has 1 saturated heterocycles. The molecular weight excluding hydrogens is 266 g/mol. The molecule has 120 valence electrons. The Hall–Kier alpha value is -1.10. The van der Waals surface area contributed by atoms with E-state index in [1.807, 2.05) is 30.7 Å². The Morgan fingerprint density at radius 1 is 1.19 bits per heavy atom. The van der Waals surface area contributed by atoms with Gasteiger partial charge in [-0.3, -0.25) is 9.59 Å². The van der Waals surface area contributed by atoms with Crippen LogP contribution in [0.15, 0.2) is 0 Å². The first-order valence-electron chi connectivity index (χ1n) is 8.20. The molecule has 0 radical (unpaired) electrons. The van der Waals surface area contributed by atoms with Crippen molar-refractivity contribution >= 4 is 11.8 Å². The quantitative estimate of drug-likeness (QED) is 0.855. The largest absolute Gasteiger partial charge is 0.343 e. The fraction of sp³-hybridized carbons (Fsp3) is 0.875. The van der Waals surface area contributed by atoms with Crippen LogP contribution in [0.2, 0.25) is 0 Å². The van der Waals surface area contributed by atoms with Gasteiger partial charge in [-0.15, -0.1) is 0 Å². The van der Waals surface area contributed by atoms with Gasteiger partial charge in [-0.25, -0.2) is 0 Å². The maximum atomic E-state index is 12.5. The Kier molecular flexibility index (Phi) is 4.91. The lowest BCUT2D eigenvalue weighted by Crippen LogP contribution is -2.56. The van der Waals surface area contributed by atoms with Gasteiger partial charge in [0.1, 0.15) is 0 Å². The van der Waals surface area contributed by atoms with Crippen LogP contribution >= 0.6 is 0 Å². The Labute approximate surface area is 127 Å². The molecule has 2 aliphatic rings. The molecule has 0 aromatic rings. The van der Waals surface area contributed by atoms with Gasteiger partial charge in [-0.1, -0.05) is 12.8 Å². The first-order valence-corrected chi connectivity index (χ1v) is 8.20. The third kappa shape index (κ3) is 3.39. The number of carbonyl (C=O) groups is 2. The number of carbonyl (C=O) groups excluding carboxylic acids is 2. The number of amides is 2. The van der Waals surface area contributed by atoms with E-state index < -0.39 is 5.54 Å². The number of rotatable bonds is 3. The molecule has 2 amide bonds. The summed E-state index contributed by atoms with van der Waals surface area (Å²) in [6, 6.07) is 0.225. The molecule has 5 nitrogen and oxygen atoms in total. The highest BCUT2D eigenvalue weighted by atomic mass is 16.2. The number of nitrogens with zero attached hydrogens (tertiary/aromatic N) is 2. The molecule has 1 saturated carbocycles. The summed E-state index contributed by atoms with van der Waals surface area (Å²) in [6.45, 7) is 5.38. The van der Waals surface area contributed by atoms with Crippen LogP contribution in [0.5, 0.6) is 0 Å². The predicted octanol–water partition coefficient (Wildman–Crippen LogP) is 1.36. The van der Waals surface area contributed by atoms with Crippen molar-refractivity contribution < 1.29 is 9.59 Å². The lowest BCUT2D eigenvalue weighted by Gasteiger charge is -2.37. The zero-order valence-electron chi connectivity index (χ0n) is 13.6. The van der Waals surface area contributed by atoms with Crippen molar-refractivity contribution in [2.75, 3.05) is 20.1 Å². The fourth-order valence-electron chi connectivity index (χ4n) is 3.41. The van der Waals surface area contributed by atoms with Crippen molar-refractivity contribution in [2.24, 2.45) is 11.7 Å². The van der Waals surface area contributed by atoms with Gasteiger partial charge in [0.25, 0.3) is 0 Å². The van der Waals surface area contributed by atoms with Gasteiger partial charge < -0.3 is 15.5 Å². The molecule has 0 aromatic carbocycles. The minimum atomic E-state index is -0.633. The van der Waals surface area contributed by atoms with E-state index in [2.05, 4.69) is 0 Å². The summed E-state index contributed by atoms with van der Waals surface area (Å²) in [5.74, 6) is 0.363. The highest BCUT2D eigenvalue weighted by Gasteiger charge is 2.41. The second-order valence-corrected chi connectivity index (χ2v) is 6.97. The molecular formula is C16H29N3O2. The first-order chi connectivity index (χ1) is 9.85. The van der Waals surface area contributed by atoms with Crippen LogP contribution in [0, 0.1) is 5.92 Å². The van der Waals surface area contributed by atoms with Crippen molar-refractivity contribution in [3.05, 3.63) is 0 Å². The van der Waals surface area contributed by atoms with Crippen LogP contribution in [-0.4, -0.2) is 53.3 Å². The van der Waals surface area contributed by atoms with Gasteiger partial charge in [-0.05, 0) is 39.5 Å². The number of nitrogens with two attached hydrogens (primary N) is 1. The standard InChI is InChI=1S/C16H29N3O2/c1-12(2)18(3)14(20)13-6-10-19(11-7-13)15(21)16(17)8-4-5-9-16/h12-13H,4-11,17H2,1-3H3. The monoisotopic (exact) mass is 295 g/mol. The summed E-state index contributed by atoms with van der Waals surface area (Å²) >= 11 is 0. The van der Waals surface area contributed by atoms with Gasteiger partial charge in [-0.2, -0.15) is 0 Å². The van der Waals surface area contributed by atoms with Crippen LogP contribution in [0.3, 0.4) is 0 Å². The van der Waals surface area contributed by atoms with Crippen molar-refractivity contribution in [2.45, 2.75) is 64.0 Å². The molecule has 0 aromatic heterocycles. The SMILES string of the molecule is CC(C)N(C)C(=O)C1CCN(C(=O)C2(N)CCCC2)CC1. The number of piperidine rings is 1. The van der Waals surface area contributed by atoms with Crippen LogP contribution in [0.1, 0.15) is 52.4 Å². The molecule has 1 aliphatic carbocycles. The maximum Gasteiger partial charge on any atom is 0.242 e. The lowest BCUT2D eigenvalue weighted by molar-refractivity contribution is -0.143. The molecule has 1 aliphatic heterocycles. The third-order valence-electron chi connectivity index (χ3n) is 5.18. The van der Waals surface area contributed by atoms with Gasteiger partial charge in [0.05, 0.1) is 5.54 Å². The summed E-state index contributed by atoms with van der Waals surface area (Å²) in [6.07, 6.45) is 5.24. The average molecular weight is 295 g/mol. The molecule has 0 spiro atoms. The van der Waals surface area contributed by atoms with Crippen molar-refractivity contribution in [1.29, 1.82) is 0 Å². The van der Waals surface area contributed by atoms with Gasteiger partial charge in [0, 0.05) is 32.1 Å². The van der Waals surface area contributed by atoms with Crippen molar-refractivity contribution in [3.63, 3.8) is 0 Å². The van der Waals surface area contributed by atoms with Crippen LogP contribution in [0.4, 0.5) is 0 Å². The second-order valence-electron chi connectivity index (χ2n) is 6.97. The zero-order chi connectivity index (χ0) is 15.6. The lowest BCUT2D eigenvalue weighted by atomic mass is 9.91. The van der Waals surface area contributed by atoms with E-state index in [-0.39, 0.29) is 23.8 Å². The molecule has 0 bridgehead atoms. The third-order valence-corrected chi connectivity index (χ3v) is 5.18. The summed E-state index contributed by atoms with van der Waals surface area (Å²) in [4.78, 5) is 28.6. The molecule has 2 fully saturated rings. The van der Waals surface area contributed by atoms with Crippen LogP contribution in [0.25, 0.3) is 0 Å². The zero-order valence-corrected chi connectivity index (χ0v) is 13.6. The Morgan fingerprint density at radius 3 is 2.19 bits per heavy atom. The smallest absolute Gasteiger partial charge is 0.242 e. The summed E-state index contributed by atoms with van der Waals surface area (Å²) in [5, 5.41) is 0.